The lowest BCUT2D eigenvalue weighted by Gasteiger charge is -2.16. The monoisotopic (exact) mass is 602 g/mol. The van der Waals surface area contributed by atoms with Crippen LogP contribution in [0.3, 0.4) is 0 Å². The van der Waals surface area contributed by atoms with Gasteiger partial charge in [0, 0.05) is 21.5 Å². The molecule has 42 heavy (non-hydrogen) atoms. The highest BCUT2D eigenvalue weighted by Gasteiger charge is 2.26. The van der Waals surface area contributed by atoms with E-state index in [0.29, 0.717) is 28.2 Å². The van der Waals surface area contributed by atoms with Crippen molar-refractivity contribution in [3.8, 4) is 11.1 Å². The van der Waals surface area contributed by atoms with Gasteiger partial charge < -0.3 is 20.5 Å². The molecule has 0 bridgehead atoms. The Labute approximate surface area is 252 Å². The van der Waals surface area contributed by atoms with E-state index in [1.807, 2.05) is 49.6 Å². The maximum absolute atomic E-state index is 13.4. The molecule has 10 heteroatoms. The molecule has 3 aromatic carbocycles. The zero-order chi connectivity index (χ0) is 30.2. The molecule has 4 rings (SSSR count). The molecule has 1 heterocycles. The van der Waals surface area contributed by atoms with Crippen LogP contribution in [-0.4, -0.2) is 40.7 Å². The Morgan fingerprint density at radius 1 is 0.929 bits per heavy atom. The fraction of sp³-hybridized carbons (Fsp3) is 0.188. The van der Waals surface area contributed by atoms with Gasteiger partial charge in [0.1, 0.15) is 10.6 Å². The zero-order valence-electron chi connectivity index (χ0n) is 23.3. The number of carboxylic acid groups (broad SMARTS) is 1. The van der Waals surface area contributed by atoms with E-state index in [2.05, 4.69) is 10.6 Å². The van der Waals surface area contributed by atoms with Crippen molar-refractivity contribution in [1.29, 1.82) is 0 Å². The second-order valence-electron chi connectivity index (χ2n) is 9.28. The number of carbonyl (C=O) groups excluding carboxylic acids is 3. The highest BCUT2D eigenvalue weighted by Crippen LogP contribution is 2.37. The van der Waals surface area contributed by atoms with Gasteiger partial charge in [-0.3, -0.25) is 9.59 Å². The Hall–Kier alpha value is -4.41. The van der Waals surface area contributed by atoms with Crippen molar-refractivity contribution >= 4 is 57.5 Å². The quantitative estimate of drug-likeness (QED) is 0.121. The summed E-state index contributed by atoms with van der Waals surface area (Å²) in [6.45, 7) is 5.82. The van der Waals surface area contributed by atoms with Crippen LogP contribution < -0.4 is 10.6 Å². The summed E-state index contributed by atoms with van der Waals surface area (Å²) >= 11 is 2.59. The van der Waals surface area contributed by atoms with Crippen molar-refractivity contribution in [1.82, 2.24) is 0 Å². The van der Waals surface area contributed by atoms with Gasteiger partial charge in [0.15, 0.2) is 0 Å². The molecule has 0 aliphatic carbocycles. The number of benzene rings is 3. The molecule has 1 atom stereocenters. The van der Waals surface area contributed by atoms with Crippen LogP contribution in [-0.2, 0) is 9.53 Å². The van der Waals surface area contributed by atoms with Crippen LogP contribution in [0.4, 0.5) is 10.7 Å². The molecule has 4 aromatic rings. The fourth-order valence-corrected chi connectivity index (χ4v) is 6.17. The van der Waals surface area contributed by atoms with Crippen molar-refractivity contribution in [2.75, 3.05) is 17.2 Å². The topological polar surface area (TPSA) is 122 Å². The average molecular weight is 603 g/mol. The van der Waals surface area contributed by atoms with Crippen LogP contribution in [0.5, 0.6) is 0 Å². The van der Waals surface area contributed by atoms with E-state index in [9.17, 15) is 24.3 Å². The van der Waals surface area contributed by atoms with Gasteiger partial charge in [-0.25, -0.2) is 9.59 Å². The smallest absolute Gasteiger partial charge is 0.341 e. The number of rotatable bonds is 11. The van der Waals surface area contributed by atoms with Crippen LogP contribution in [0.2, 0.25) is 0 Å². The molecular formula is C32H30N2O6S2. The molecule has 3 N–H and O–H groups in total. The van der Waals surface area contributed by atoms with Gasteiger partial charge in [-0.15, -0.1) is 23.1 Å². The predicted octanol–water partition coefficient (Wildman–Crippen LogP) is 7.36. The number of anilines is 2. The minimum atomic E-state index is -1.19. The lowest BCUT2D eigenvalue weighted by molar-refractivity contribution is -0.115. The molecule has 0 spiro atoms. The molecule has 1 aromatic heterocycles. The third-order valence-electron chi connectivity index (χ3n) is 6.31. The van der Waals surface area contributed by atoms with Crippen LogP contribution >= 0.6 is 23.1 Å². The number of hydrogen-bond acceptors (Lipinski definition) is 7. The molecule has 0 aliphatic rings. The second-order valence-corrected chi connectivity index (χ2v) is 11.4. The molecule has 8 nitrogen and oxygen atoms in total. The lowest BCUT2D eigenvalue weighted by atomic mass is 10.0. The van der Waals surface area contributed by atoms with Crippen molar-refractivity contribution in [2.24, 2.45) is 0 Å². The van der Waals surface area contributed by atoms with Crippen molar-refractivity contribution in [3.63, 3.8) is 0 Å². The van der Waals surface area contributed by atoms with Crippen molar-refractivity contribution in [3.05, 3.63) is 100 Å². The normalized spacial score (nSPS) is 11.4. The number of thioether (sulfide) groups is 1. The molecule has 0 fully saturated rings. The molecule has 0 radical (unpaired) electrons. The van der Waals surface area contributed by atoms with Crippen molar-refractivity contribution < 1.29 is 29.0 Å². The Balaban J connectivity index is 1.51. The van der Waals surface area contributed by atoms with E-state index in [4.69, 9.17) is 4.74 Å². The number of ether oxygens (including phenoxy) is 1. The predicted molar refractivity (Wildman–Crippen MR) is 167 cm³/mol. The zero-order valence-corrected chi connectivity index (χ0v) is 24.9. The first kappa shape index (κ1) is 30.5. The first-order valence-corrected chi connectivity index (χ1v) is 15.0. The van der Waals surface area contributed by atoms with Crippen molar-refractivity contribution in [2.45, 2.75) is 37.3 Å². The molecule has 216 valence electrons. The lowest BCUT2D eigenvalue weighted by Crippen LogP contribution is -2.25. The Kier molecular flexibility index (Phi) is 10.2. The maximum Gasteiger partial charge on any atom is 0.341 e. The van der Waals surface area contributed by atoms with Gasteiger partial charge in [-0.05, 0) is 56.2 Å². The molecule has 1 unspecified atom stereocenters. The molecule has 0 saturated carbocycles. The van der Waals surface area contributed by atoms with E-state index in [-0.39, 0.29) is 23.6 Å². The number of esters is 1. The molecule has 0 aliphatic heterocycles. The SMILES string of the molecule is CCOC(=O)c1c(-c2ccc(C)cc2)csc1NC(=O)C(CC)Sc1cccc(NC(=O)c2ccccc2C(=O)O)c1. The van der Waals surface area contributed by atoms with Crippen LogP contribution in [0.15, 0.2) is 83.1 Å². The number of carbonyl (C=O) groups is 4. The molecule has 0 saturated heterocycles. The summed E-state index contributed by atoms with van der Waals surface area (Å²) in [6.07, 6.45) is 0.504. The Morgan fingerprint density at radius 3 is 2.31 bits per heavy atom. The third kappa shape index (κ3) is 7.26. The number of nitrogens with one attached hydrogen (secondary N) is 2. The standard InChI is InChI=1S/C32H30N2O6S2/c1-4-26(42-22-10-8-9-21(17-22)33-28(35)23-11-6-7-12-24(23)31(37)38)29(36)34-30-27(32(39)40-5-2)25(18-41-30)20-15-13-19(3)14-16-20/h6-18,26H,4-5H2,1-3H3,(H,33,35)(H,34,36)(H,37,38). The summed E-state index contributed by atoms with van der Waals surface area (Å²) in [4.78, 5) is 51.4. The minimum absolute atomic E-state index is 0.0484. The van der Waals surface area contributed by atoms with Gasteiger partial charge >= 0.3 is 11.9 Å². The fourth-order valence-electron chi connectivity index (χ4n) is 4.19. The third-order valence-corrected chi connectivity index (χ3v) is 8.56. The van der Waals surface area contributed by atoms with Crippen LogP contribution in [0, 0.1) is 6.92 Å². The van der Waals surface area contributed by atoms with E-state index >= 15 is 0 Å². The van der Waals surface area contributed by atoms with E-state index in [1.54, 1.807) is 37.3 Å². The number of aryl methyl sites for hydroxylation is 1. The Morgan fingerprint density at radius 2 is 1.64 bits per heavy atom. The first-order valence-electron chi connectivity index (χ1n) is 13.3. The summed E-state index contributed by atoms with van der Waals surface area (Å²) < 4.78 is 5.32. The number of hydrogen-bond donors (Lipinski definition) is 3. The average Bonchev–Trinajstić information content (AvgIpc) is 3.40. The number of amides is 2. The Bertz CT molecular complexity index is 1610. The summed E-state index contributed by atoms with van der Waals surface area (Å²) in [6, 6.07) is 20.8. The first-order chi connectivity index (χ1) is 20.2. The van der Waals surface area contributed by atoms with Gasteiger partial charge in [-0.2, -0.15) is 0 Å². The number of carboxylic acids is 1. The molecule has 2 amide bonds. The highest BCUT2D eigenvalue weighted by molar-refractivity contribution is 8.00. The summed E-state index contributed by atoms with van der Waals surface area (Å²) in [5, 5.41) is 16.9. The summed E-state index contributed by atoms with van der Waals surface area (Å²) in [7, 11) is 0. The van der Waals surface area contributed by atoms with Crippen LogP contribution in [0.1, 0.15) is 56.9 Å². The summed E-state index contributed by atoms with van der Waals surface area (Å²) in [5.74, 6) is -2.51. The highest BCUT2D eigenvalue weighted by atomic mass is 32.2. The van der Waals surface area contributed by atoms with Gasteiger partial charge in [-0.1, -0.05) is 55.0 Å². The number of aromatic carboxylic acids is 1. The molecular weight excluding hydrogens is 572 g/mol. The van der Waals surface area contributed by atoms with E-state index in [0.717, 1.165) is 16.0 Å². The van der Waals surface area contributed by atoms with Gasteiger partial charge in [0.2, 0.25) is 5.91 Å². The largest absolute Gasteiger partial charge is 0.478 e. The van der Waals surface area contributed by atoms with E-state index in [1.165, 1.54) is 35.2 Å². The number of thiophene rings is 1. The maximum atomic E-state index is 13.4. The summed E-state index contributed by atoms with van der Waals surface area (Å²) in [5.41, 5.74) is 3.39. The van der Waals surface area contributed by atoms with Crippen LogP contribution in [0.25, 0.3) is 11.1 Å². The second kappa shape index (κ2) is 14.0. The van der Waals surface area contributed by atoms with Gasteiger partial charge in [0.25, 0.3) is 5.91 Å². The van der Waals surface area contributed by atoms with E-state index < -0.39 is 23.1 Å². The minimum Gasteiger partial charge on any atom is -0.478 e. The van der Waals surface area contributed by atoms with Gasteiger partial charge in [0.05, 0.1) is 23.0 Å².